The molecular weight excluding hydrogens is 296 g/mol. The lowest BCUT2D eigenvalue weighted by Crippen LogP contribution is -2.29. The highest BCUT2D eigenvalue weighted by Crippen LogP contribution is 2.32. The Bertz CT molecular complexity index is 558. The summed E-state index contributed by atoms with van der Waals surface area (Å²) in [6.45, 7) is 2.81. The van der Waals surface area contributed by atoms with E-state index in [1.165, 1.54) is 12.1 Å². The summed E-state index contributed by atoms with van der Waals surface area (Å²) in [5, 5.41) is 3.36. The fourth-order valence-corrected chi connectivity index (χ4v) is 4.63. The molecule has 0 bridgehead atoms. The second kappa shape index (κ2) is 6.83. The lowest BCUT2D eigenvalue weighted by atomic mass is 9.92. The summed E-state index contributed by atoms with van der Waals surface area (Å²) >= 11 is 0. The first-order chi connectivity index (χ1) is 9.93. The minimum absolute atomic E-state index is 0.00738. The number of alkyl halides is 2. The molecule has 0 spiro atoms. The number of nitrogens with one attached hydrogen (secondary N) is 1. The molecule has 1 aromatic carbocycles. The third kappa shape index (κ3) is 4.23. The zero-order valence-corrected chi connectivity index (χ0v) is 12.9. The molecule has 0 radical (unpaired) electrons. The number of halogens is 2. The predicted octanol–water partition coefficient (Wildman–Crippen LogP) is 3.10. The van der Waals surface area contributed by atoms with Gasteiger partial charge in [0, 0.05) is 11.6 Å². The SMILES string of the molecule is CCCNC(c1ccc(C(F)F)cc1)C1CCS(=O)(=O)C1. The quantitative estimate of drug-likeness (QED) is 0.877. The van der Waals surface area contributed by atoms with Crippen LogP contribution in [-0.2, 0) is 9.84 Å². The lowest BCUT2D eigenvalue weighted by molar-refractivity contribution is 0.151. The van der Waals surface area contributed by atoms with Gasteiger partial charge in [-0.15, -0.1) is 0 Å². The molecule has 0 aliphatic carbocycles. The summed E-state index contributed by atoms with van der Waals surface area (Å²) in [5.41, 5.74) is 0.877. The van der Waals surface area contributed by atoms with Crippen LogP contribution in [-0.4, -0.2) is 26.5 Å². The first kappa shape index (κ1) is 16.4. The van der Waals surface area contributed by atoms with Crippen LogP contribution in [0.5, 0.6) is 0 Å². The number of rotatable bonds is 6. The van der Waals surface area contributed by atoms with Crippen molar-refractivity contribution in [2.75, 3.05) is 18.1 Å². The Morgan fingerprint density at radius 1 is 1.24 bits per heavy atom. The van der Waals surface area contributed by atoms with Gasteiger partial charge in [-0.05, 0) is 30.9 Å². The van der Waals surface area contributed by atoms with E-state index in [2.05, 4.69) is 5.32 Å². The van der Waals surface area contributed by atoms with Crippen molar-refractivity contribution in [3.8, 4) is 0 Å². The van der Waals surface area contributed by atoms with E-state index in [4.69, 9.17) is 0 Å². The van der Waals surface area contributed by atoms with Crippen LogP contribution in [0.1, 0.15) is 43.4 Å². The van der Waals surface area contributed by atoms with E-state index < -0.39 is 16.3 Å². The molecule has 0 saturated carbocycles. The average molecular weight is 317 g/mol. The van der Waals surface area contributed by atoms with Gasteiger partial charge < -0.3 is 5.32 Å². The van der Waals surface area contributed by atoms with Gasteiger partial charge in [0.2, 0.25) is 0 Å². The van der Waals surface area contributed by atoms with Crippen molar-refractivity contribution in [3.63, 3.8) is 0 Å². The van der Waals surface area contributed by atoms with Crippen molar-refractivity contribution in [1.29, 1.82) is 0 Å². The standard InChI is InChI=1S/C15H21F2NO2S/c1-2-8-18-14(13-7-9-21(19,20)10-13)11-3-5-12(6-4-11)15(16)17/h3-6,13-15,18H,2,7-10H2,1H3. The summed E-state index contributed by atoms with van der Waals surface area (Å²) in [6, 6.07) is 6.11. The Morgan fingerprint density at radius 2 is 1.86 bits per heavy atom. The van der Waals surface area contributed by atoms with Crippen molar-refractivity contribution in [1.82, 2.24) is 5.32 Å². The zero-order valence-electron chi connectivity index (χ0n) is 12.1. The van der Waals surface area contributed by atoms with Gasteiger partial charge in [0.25, 0.3) is 6.43 Å². The Labute approximate surface area is 124 Å². The van der Waals surface area contributed by atoms with E-state index in [9.17, 15) is 17.2 Å². The third-order valence-corrected chi connectivity index (χ3v) is 5.69. The molecule has 21 heavy (non-hydrogen) atoms. The zero-order chi connectivity index (χ0) is 15.5. The molecule has 3 nitrogen and oxygen atoms in total. The van der Waals surface area contributed by atoms with E-state index in [-0.39, 0.29) is 29.0 Å². The van der Waals surface area contributed by atoms with E-state index in [1.807, 2.05) is 6.92 Å². The van der Waals surface area contributed by atoms with Crippen LogP contribution in [0.3, 0.4) is 0 Å². The van der Waals surface area contributed by atoms with Gasteiger partial charge in [-0.1, -0.05) is 31.2 Å². The Morgan fingerprint density at radius 3 is 2.33 bits per heavy atom. The molecule has 6 heteroatoms. The van der Waals surface area contributed by atoms with Gasteiger partial charge >= 0.3 is 0 Å². The average Bonchev–Trinajstić information content (AvgIpc) is 2.80. The smallest absolute Gasteiger partial charge is 0.263 e. The van der Waals surface area contributed by atoms with Crippen molar-refractivity contribution in [2.24, 2.45) is 5.92 Å². The van der Waals surface area contributed by atoms with Crippen LogP contribution in [0.4, 0.5) is 8.78 Å². The van der Waals surface area contributed by atoms with Crippen LogP contribution < -0.4 is 5.32 Å². The number of hydrogen-bond acceptors (Lipinski definition) is 3. The second-order valence-electron chi connectivity index (χ2n) is 5.56. The molecule has 0 amide bonds. The first-order valence-electron chi connectivity index (χ1n) is 7.25. The number of hydrogen-bond donors (Lipinski definition) is 1. The molecule has 2 rings (SSSR count). The van der Waals surface area contributed by atoms with E-state index >= 15 is 0 Å². The maximum atomic E-state index is 12.6. The Hall–Kier alpha value is -1.01. The van der Waals surface area contributed by atoms with Gasteiger partial charge in [0.05, 0.1) is 11.5 Å². The Kier molecular flexibility index (Phi) is 5.32. The minimum atomic E-state index is -2.96. The lowest BCUT2D eigenvalue weighted by Gasteiger charge is -2.24. The molecule has 2 atom stereocenters. The maximum absolute atomic E-state index is 12.6. The van der Waals surface area contributed by atoms with Crippen molar-refractivity contribution >= 4 is 9.84 Å². The summed E-state index contributed by atoms with van der Waals surface area (Å²) in [5.74, 6) is 0.404. The molecule has 2 unspecified atom stereocenters. The largest absolute Gasteiger partial charge is 0.310 e. The maximum Gasteiger partial charge on any atom is 0.263 e. The van der Waals surface area contributed by atoms with Crippen LogP contribution >= 0.6 is 0 Å². The molecule has 1 heterocycles. The van der Waals surface area contributed by atoms with Gasteiger partial charge in [-0.2, -0.15) is 0 Å². The molecule has 1 aliphatic heterocycles. The van der Waals surface area contributed by atoms with E-state index in [1.54, 1.807) is 12.1 Å². The Balaban J connectivity index is 2.19. The topological polar surface area (TPSA) is 46.2 Å². The number of benzene rings is 1. The van der Waals surface area contributed by atoms with Crippen LogP contribution in [0.25, 0.3) is 0 Å². The fraction of sp³-hybridized carbons (Fsp3) is 0.600. The van der Waals surface area contributed by atoms with Gasteiger partial charge in [0.1, 0.15) is 0 Å². The molecule has 1 N–H and O–H groups in total. The van der Waals surface area contributed by atoms with Gasteiger partial charge in [-0.25, -0.2) is 17.2 Å². The summed E-state index contributed by atoms with van der Waals surface area (Å²) in [6.07, 6.45) is -0.918. The van der Waals surface area contributed by atoms with Crippen LogP contribution in [0, 0.1) is 5.92 Å². The van der Waals surface area contributed by atoms with Crippen molar-refractivity contribution in [3.05, 3.63) is 35.4 Å². The molecule has 1 aromatic rings. The fourth-order valence-electron chi connectivity index (χ4n) is 2.79. The molecule has 0 aromatic heterocycles. The molecule has 1 aliphatic rings. The highest BCUT2D eigenvalue weighted by molar-refractivity contribution is 7.91. The normalized spacial score (nSPS) is 22.6. The van der Waals surface area contributed by atoms with E-state index in [0.717, 1.165) is 18.5 Å². The highest BCUT2D eigenvalue weighted by atomic mass is 32.2. The third-order valence-electron chi connectivity index (χ3n) is 3.90. The highest BCUT2D eigenvalue weighted by Gasteiger charge is 2.34. The monoisotopic (exact) mass is 317 g/mol. The second-order valence-corrected chi connectivity index (χ2v) is 7.79. The van der Waals surface area contributed by atoms with Gasteiger partial charge in [0.15, 0.2) is 9.84 Å². The van der Waals surface area contributed by atoms with Crippen molar-refractivity contribution in [2.45, 2.75) is 32.2 Å². The van der Waals surface area contributed by atoms with Crippen LogP contribution in [0.2, 0.25) is 0 Å². The predicted molar refractivity (Wildman–Crippen MR) is 79.2 cm³/mol. The summed E-state index contributed by atoms with van der Waals surface area (Å²) in [7, 11) is -2.96. The molecule has 1 fully saturated rings. The molecule has 118 valence electrons. The molecule has 1 saturated heterocycles. The van der Waals surface area contributed by atoms with E-state index in [0.29, 0.717) is 6.42 Å². The number of sulfone groups is 1. The summed E-state index contributed by atoms with van der Waals surface area (Å²) in [4.78, 5) is 0. The first-order valence-corrected chi connectivity index (χ1v) is 9.07. The molecular formula is C15H21F2NO2S. The van der Waals surface area contributed by atoms with Crippen molar-refractivity contribution < 1.29 is 17.2 Å². The minimum Gasteiger partial charge on any atom is -0.310 e. The van der Waals surface area contributed by atoms with Crippen LogP contribution in [0.15, 0.2) is 24.3 Å². The summed E-state index contributed by atoms with van der Waals surface area (Å²) < 4.78 is 48.6. The van der Waals surface area contributed by atoms with Gasteiger partial charge in [-0.3, -0.25) is 0 Å².